The van der Waals surface area contributed by atoms with Crippen molar-refractivity contribution < 1.29 is 9.90 Å². The lowest BCUT2D eigenvalue weighted by molar-refractivity contribution is -0.138. The summed E-state index contributed by atoms with van der Waals surface area (Å²) in [5.41, 5.74) is 13.3. The number of nitrogens with two attached hydrogens (primary N) is 2. The molecule has 0 aliphatic carbocycles. The van der Waals surface area contributed by atoms with Crippen molar-refractivity contribution in [2.75, 3.05) is 11.4 Å². The Labute approximate surface area is 170 Å². The zero-order chi connectivity index (χ0) is 18.6. The van der Waals surface area contributed by atoms with Gasteiger partial charge in [0.1, 0.15) is 11.7 Å². The molecule has 0 amide bonds. The van der Waals surface area contributed by atoms with Crippen LogP contribution in [0.25, 0.3) is 0 Å². The molecule has 0 saturated heterocycles. The second-order valence-corrected chi connectivity index (χ2v) is 5.53. The van der Waals surface area contributed by atoms with E-state index in [1.165, 1.54) is 0 Å². The maximum atomic E-state index is 11.9. The van der Waals surface area contributed by atoms with Crippen molar-refractivity contribution in [2.45, 2.75) is 13.0 Å². The van der Waals surface area contributed by atoms with Gasteiger partial charge in [-0.3, -0.25) is 10.8 Å². The first kappa shape index (κ1) is 24.2. The van der Waals surface area contributed by atoms with Gasteiger partial charge < -0.3 is 21.5 Å². The van der Waals surface area contributed by atoms with Gasteiger partial charge in [-0.2, -0.15) is 0 Å². The quantitative estimate of drug-likeness (QED) is 0.351. The number of nitrogen functional groups attached to an aromatic ring is 2. The molecule has 0 radical (unpaired) electrons. The van der Waals surface area contributed by atoms with Gasteiger partial charge in [-0.25, -0.2) is 4.79 Å². The number of anilines is 1. The first-order chi connectivity index (χ1) is 11.8. The molecule has 0 bridgehead atoms. The Morgan fingerprint density at radius 2 is 1.59 bits per heavy atom. The molecule has 2 aromatic carbocycles. The number of aliphatic carboxylic acids is 1. The molecular formula is C18H23Cl2N5O2. The van der Waals surface area contributed by atoms with Crippen LogP contribution in [0.1, 0.15) is 29.7 Å². The summed E-state index contributed by atoms with van der Waals surface area (Å²) in [6, 6.07) is 12.6. The van der Waals surface area contributed by atoms with Crippen LogP contribution in [0.15, 0.2) is 48.5 Å². The second kappa shape index (κ2) is 10.4. The predicted molar refractivity (Wildman–Crippen MR) is 113 cm³/mol. The number of benzene rings is 2. The van der Waals surface area contributed by atoms with E-state index in [0.29, 0.717) is 28.9 Å². The third-order valence-electron chi connectivity index (χ3n) is 3.91. The van der Waals surface area contributed by atoms with Gasteiger partial charge in [0, 0.05) is 23.4 Å². The summed E-state index contributed by atoms with van der Waals surface area (Å²) in [4.78, 5) is 13.7. The van der Waals surface area contributed by atoms with Gasteiger partial charge >= 0.3 is 5.97 Å². The smallest absolute Gasteiger partial charge is 0.331 e. The molecule has 2 aromatic rings. The third-order valence-corrected chi connectivity index (χ3v) is 3.91. The summed E-state index contributed by atoms with van der Waals surface area (Å²) in [5, 5.41) is 24.8. The molecule has 1 atom stereocenters. The van der Waals surface area contributed by atoms with Crippen LogP contribution in [0, 0.1) is 10.8 Å². The Balaban J connectivity index is 0.00000338. The van der Waals surface area contributed by atoms with Crippen LogP contribution >= 0.6 is 24.8 Å². The Bertz CT molecular complexity index is 812. The van der Waals surface area contributed by atoms with Crippen molar-refractivity contribution in [3.05, 3.63) is 65.2 Å². The Kier molecular flexibility index (Phi) is 9.33. The van der Waals surface area contributed by atoms with Gasteiger partial charge in [0.25, 0.3) is 0 Å². The minimum Gasteiger partial charge on any atom is -0.479 e. The number of carbonyl (C=O) groups is 1. The largest absolute Gasteiger partial charge is 0.479 e. The predicted octanol–water partition coefficient (Wildman–Crippen LogP) is 2.75. The summed E-state index contributed by atoms with van der Waals surface area (Å²) in [5.74, 6) is -1.14. The van der Waals surface area contributed by atoms with Crippen LogP contribution in [-0.4, -0.2) is 29.3 Å². The van der Waals surface area contributed by atoms with E-state index in [9.17, 15) is 9.90 Å². The Hall–Kier alpha value is -2.77. The molecule has 7 N–H and O–H groups in total. The topological polar surface area (TPSA) is 140 Å². The van der Waals surface area contributed by atoms with Crippen molar-refractivity contribution in [1.82, 2.24) is 0 Å². The fraction of sp³-hybridized carbons (Fsp3) is 0.167. The van der Waals surface area contributed by atoms with E-state index in [-0.39, 0.29) is 36.5 Å². The number of carboxylic acid groups (broad SMARTS) is 1. The molecule has 0 fully saturated rings. The molecule has 7 nitrogen and oxygen atoms in total. The molecule has 27 heavy (non-hydrogen) atoms. The number of carboxylic acids is 1. The first-order valence-corrected chi connectivity index (χ1v) is 7.73. The zero-order valence-electron chi connectivity index (χ0n) is 14.7. The lowest BCUT2D eigenvalue weighted by atomic mass is 10.0. The van der Waals surface area contributed by atoms with E-state index in [1.807, 2.05) is 6.92 Å². The number of amidine groups is 2. The van der Waals surface area contributed by atoms with Crippen molar-refractivity contribution >= 4 is 48.1 Å². The number of nitrogens with zero attached hydrogens (tertiary/aromatic N) is 1. The third kappa shape index (κ3) is 5.60. The molecule has 2 rings (SSSR count). The minimum atomic E-state index is -0.995. The zero-order valence-corrected chi connectivity index (χ0v) is 16.3. The molecular weight excluding hydrogens is 389 g/mol. The van der Waals surface area contributed by atoms with Gasteiger partial charge in [0.15, 0.2) is 6.04 Å². The van der Waals surface area contributed by atoms with Gasteiger partial charge in [0.05, 0.1) is 0 Å². The second-order valence-electron chi connectivity index (χ2n) is 5.53. The lowest BCUT2D eigenvalue weighted by Gasteiger charge is -2.30. The molecule has 9 heteroatoms. The highest BCUT2D eigenvalue weighted by atomic mass is 35.5. The maximum absolute atomic E-state index is 11.9. The van der Waals surface area contributed by atoms with Gasteiger partial charge in [-0.15, -0.1) is 24.8 Å². The van der Waals surface area contributed by atoms with Crippen LogP contribution < -0.4 is 16.4 Å². The fourth-order valence-corrected chi connectivity index (χ4v) is 2.67. The number of hydrogen-bond donors (Lipinski definition) is 5. The van der Waals surface area contributed by atoms with Crippen molar-refractivity contribution in [3.63, 3.8) is 0 Å². The van der Waals surface area contributed by atoms with Gasteiger partial charge in [-0.05, 0) is 24.6 Å². The molecule has 0 spiro atoms. The van der Waals surface area contributed by atoms with Crippen LogP contribution in [-0.2, 0) is 4.79 Å². The number of hydrogen-bond acceptors (Lipinski definition) is 4. The minimum absolute atomic E-state index is 0. The summed E-state index contributed by atoms with van der Waals surface area (Å²) in [6.07, 6.45) is 0. The van der Waals surface area contributed by atoms with Crippen molar-refractivity contribution in [2.24, 2.45) is 11.5 Å². The summed E-state index contributed by atoms with van der Waals surface area (Å²) in [6.45, 7) is 2.31. The fourth-order valence-electron chi connectivity index (χ4n) is 2.67. The van der Waals surface area contributed by atoms with Gasteiger partial charge in [0.2, 0.25) is 0 Å². The van der Waals surface area contributed by atoms with Crippen LogP contribution in [0.2, 0.25) is 0 Å². The van der Waals surface area contributed by atoms with Crippen molar-refractivity contribution in [1.29, 1.82) is 10.8 Å². The molecule has 146 valence electrons. The molecule has 0 saturated carbocycles. The molecule has 0 aliphatic heterocycles. The maximum Gasteiger partial charge on any atom is 0.331 e. The monoisotopic (exact) mass is 411 g/mol. The lowest BCUT2D eigenvalue weighted by Crippen LogP contribution is -2.34. The molecule has 0 aliphatic rings. The van der Waals surface area contributed by atoms with Crippen LogP contribution in [0.3, 0.4) is 0 Å². The highest BCUT2D eigenvalue weighted by Crippen LogP contribution is 2.28. The first-order valence-electron chi connectivity index (χ1n) is 7.73. The van der Waals surface area contributed by atoms with Crippen LogP contribution in [0.5, 0.6) is 0 Å². The van der Waals surface area contributed by atoms with E-state index in [0.717, 1.165) is 0 Å². The molecule has 0 unspecified atom stereocenters. The summed E-state index contributed by atoms with van der Waals surface area (Å²) < 4.78 is 0. The van der Waals surface area contributed by atoms with E-state index < -0.39 is 12.0 Å². The summed E-state index contributed by atoms with van der Waals surface area (Å²) >= 11 is 0. The normalized spacial score (nSPS) is 10.7. The number of likely N-dealkylation sites (N-methyl/N-ethyl adjacent to an activating group) is 1. The molecule has 0 heterocycles. The van der Waals surface area contributed by atoms with E-state index in [1.54, 1.807) is 53.4 Å². The van der Waals surface area contributed by atoms with Gasteiger partial charge in [-0.1, -0.05) is 36.4 Å². The molecule has 0 aromatic heterocycles. The van der Waals surface area contributed by atoms with E-state index >= 15 is 0 Å². The average Bonchev–Trinajstić information content (AvgIpc) is 2.59. The SMILES string of the molecule is CCN(c1cccc(C(=N)N)c1)[C@H](C(=O)O)c1ccc(C(=N)N)cc1.Cl.Cl. The Morgan fingerprint density at radius 3 is 2.04 bits per heavy atom. The summed E-state index contributed by atoms with van der Waals surface area (Å²) in [7, 11) is 0. The number of rotatable bonds is 7. The van der Waals surface area contributed by atoms with E-state index in [2.05, 4.69) is 0 Å². The van der Waals surface area contributed by atoms with Crippen LogP contribution in [0.4, 0.5) is 5.69 Å². The van der Waals surface area contributed by atoms with E-state index in [4.69, 9.17) is 22.3 Å². The number of nitrogens with one attached hydrogen (secondary N) is 2. The standard InChI is InChI=1S/C18H21N5O2.2ClH/c1-2-23(14-5-3-4-13(10-14)17(21)22)15(18(24)25)11-6-8-12(9-7-11)16(19)20;;/h3-10,15H,2H2,1H3,(H3,19,20)(H3,21,22)(H,24,25);2*1H/t15-;;/m0../s1. The number of halogens is 2. The highest BCUT2D eigenvalue weighted by molar-refractivity contribution is 5.96. The Morgan fingerprint density at radius 1 is 1.04 bits per heavy atom. The average molecular weight is 412 g/mol. The van der Waals surface area contributed by atoms with Crippen molar-refractivity contribution in [3.8, 4) is 0 Å². The highest BCUT2D eigenvalue weighted by Gasteiger charge is 2.27.